The van der Waals surface area contributed by atoms with Crippen molar-refractivity contribution in [1.82, 2.24) is 9.97 Å². The maximum Gasteiger partial charge on any atom is 0.308 e. The van der Waals surface area contributed by atoms with Crippen LogP contribution in [0.1, 0.15) is 44.9 Å². The number of esters is 1. The van der Waals surface area contributed by atoms with Gasteiger partial charge in [0.05, 0.1) is 25.4 Å². The van der Waals surface area contributed by atoms with E-state index in [2.05, 4.69) is 14.9 Å². The van der Waals surface area contributed by atoms with E-state index in [1.54, 1.807) is 12.4 Å². The number of piperidine rings is 1. The Morgan fingerprint density at radius 3 is 2.57 bits per heavy atom. The van der Waals surface area contributed by atoms with Crippen LogP contribution in [0.3, 0.4) is 0 Å². The minimum Gasteiger partial charge on any atom is -0.473 e. The van der Waals surface area contributed by atoms with Crippen molar-refractivity contribution in [2.45, 2.75) is 51.0 Å². The van der Waals surface area contributed by atoms with Crippen molar-refractivity contribution in [2.24, 2.45) is 5.92 Å². The molecule has 2 aliphatic rings. The van der Waals surface area contributed by atoms with E-state index in [4.69, 9.17) is 9.47 Å². The van der Waals surface area contributed by atoms with E-state index in [1.807, 2.05) is 0 Å². The van der Waals surface area contributed by atoms with Crippen LogP contribution in [0.5, 0.6) is 5.88 Å². The summed E-state index contributed by atoms with van der Waals surface area (Å²) in [6, 6.07) is 0. The fourth-order valence-corrected chi connectivity index (χ4v) is 3.41. The molecular weight excluding hydrogens is 294 g/mol. The number of rotatable bonds is 4. The molecule has 0 radical (unpaired) electrons. The number of anilines is 1. The van der Waals surface area contributed by atoms with Crippen LogP contribution >= 0.6 is 0 Å². The lowest BCUT2D eigenvalue weighted by atomic mass is 9.97. The summed E-state index contributed by atoms with van der Waals surface area (Å²) in [6.07, 6.45) is 11.3. The number of ether oxygens (including phenoxy) is 2. The first kappa shape index (κ1) is 16.0. The highest BCUT2D eigenvalue weighted by molar-refractivity contribution is 5.72. The molecule has 2 fully saturated rings. The minimum absolute atomic E-state index is 0.00545. The van der Waals surface area contributed by atoms with E-state index in [-0.39, 0.29) is 18.0 Å². The molecule has 0 aromatic carbocycles. The molecule has 1 aromatic rings. The number of aromatic nitrogens is 2. The third kappa shape index (κ3) is 4.12. The van der Waals surface area contributed by atoms with E-state index in [0.29, 0.717) is 5.88 Å². The SMILES string of the molecule is COC(=O)C1CCN(c2cncc(OC3CCCCC3)n2)CC1. The summed E-state index contributed by atoms with van der Waals surface area (Å²) >= 11 is 0. The number of carbonyl (C=O) groups excluding carboxylic acids is 1. The predicted octanol–water partition coefficient (Wildman–Crippen LogP) is 2.58. The Labute approximate surface area is 137 Å². The van der Waals surface area contributed by atoms with Gasteiger partial charge < -0.3 is 14.4 Å². The summed E-state index contributed by atoms with van der Waals surface area (Å²) in [7, 11) is 1.45. The van der Waals surface area contributed by atoms with E-state index < -0.39 is 0 Å². The van der Waals surface area contributed by atoms with Crippen LogP contribution in [0.25, 0.3) is 0 Å². The lowest BCUT2D eigenvalue weighted by molar-refractivity contribution is -0.146. The Hall–Kier alpha value is -1.85. The summed E-state index contributed by atoms with van der Waals surface area (Å²) in [5, 5.41) is 0. The molecule has 0 N–H and O–H groups in total. The highest BCUT2D eigenvalue weighted by Crippen LogP contribution is 2.25. The molecule has 6 nitrogen and oxygen atoms in total. The molecule has 3 rings (SSSR count). The summed E-state index contributed by atoms with van der Waals surface area (Å²) in [4.78, 5) is 22.6. The normalized spacial score (nSPS) is 20.3. The largest absolute Gasteiger partial charge is 0.473 e. The zero-order valence-corrected chi connectivity index (χ0v) is 13.7. The molecule has 1 aliphatic carbocycles. The number of hydrogen-bond acceptors (Lipinski definition) is 6. The molecule has 2 heterocycles. The second-order valence-corrected chi connectivity index (χ2v) is 6.38. The van der Waals surface area contributed by atoms with Crippen LogP contribution in [-0.2, 0) is 9.53 Å². The van der Waals surface area contributed by atoms with E-state index in [0.717, 1.165) is 44.6 Å². The molecule has 1 saturated carbocycles. The van der Waals surface area contributed by atoms with Gasteiger partial charge in [-0.15, -0.1) is 0 Å². The number of methoxy groups -OCH3 is 1. The highest BCUT2D eigenvalue weighted by Gasteiger charge is 2.26. The van der Waals surface area contributed by atoms with Crippen molar-refractivity contribution in [3.8, 4) is 5.88 Å². The Morgan fingerprint density at radius 1 is 1.13 bits per heavy atom. The van der Waals surface area contributed by atoms with Gasteiger partial charge in [0.1, 0.15) is 6.10 Å². The third-order valence-corrected chi connectivity index (χ3v) is 4.79. The lowest BCUT2D eigenvalue weighted by Gasteiger charge is -2.31. The first-order valence-corrected chi connectivity index (χ1v) is 8.58. The molecule has 0 unspecified atom stereocenters. The van der Waals surface area contributed by atoms with Gasteiger partial charge >= 0.3 is 5.97 Å². The monoisotopic (exact) mass is 319 g/mol. The second kappa shape index (κ2) is 7.62. The molecule has 0 atom stereocenters. The van der Waals surface area contributed by atoms with E-state index >= 15 is 0 Å². The van der Waals surface area contributed by atoms with Crippen molar-refractivity contribution in [2.75, 3.05) is 25.1 Å². The molecule has 6 heteroatoms. The smallest absolute Gasteiger partial charge is 0.308 e. The van der Waals surface area contributed by atoms with Gasteiger partial charge in [-0.3, -0.25) is 9.78 Å². The van der Waals surface area contributed by atoms with Gasteiger partial charge in [0.2, 0.25) is 5.88 Å². The molecule has 1 aromatic heterocycles. The molecule has 0 bridgehead atoms. The zero-order chi connectivity index (χ0) is 16.1. The molecule has 126 valence electrons. The fraction of sp³-hybridized carbons (Fsp3) is 0.706. The minimum atomic E-state index is -0.106. The van der Waals surface area contributed by atoms with Crippen molar-refractivity contribution < 1.29 is 14.3 Å². The van der Waals surface area contributed by atoms with E-state index in [9.17, 15) is 4.79 Å². The number of hydrogen-bond donors (Lipinski definition) is 0. The maximum absolute atomic E-state index is 11.6. The van der Waals surface area contributed by atoms with Gasteiger partial charge in [0.15, 0.2) is 5.82 Å². The Balaban J connectivity index is 1.58. The van der Waals surface area contributed by atoms with Crippen LogP contribution in [0.4, 0.5) is 5.82 Å². The Morgan fingerprint density at radius 2 is 1.87 bits per heavy atom. The van der Waals surface area contributed by atoms with Crippen LogP contribution in [0, 0.1) is 5.92 Å². The standard InChI is InChI=1S/C17H25N3O3/c1-22-17(21)13-7-9-20(10-8-13)15-11-18-12-16(19-15)23-14-5-3-2-4-6-14/h11-14H,2-10H2,1H3. The van der Waals surface area contributed by atoms with Gasteiger partial charge in [-0.25, -0.2) is 0 Å². The van der Waals surface area contributed by atoms with E-state index in [1.165, 1.54) is 26.4 Å². The summed E-state index contributed by atoms with van der Waals surface area (Å²) < 4.78 is 10.8. The quantitative estimate of drug-likeness (QED) is 0.795. The van der Waals surface area contributed by atoms with Gasteiger partial charge in [-0.1, -0.05) is 6.42 Å². The van der Waals surface area contributed by atoms with Gasteiger partial charge in [0, 0.05) is 13.1 Å². The summed E-state index contributed by atoms with van der Waals surface area (Å²) in [5.41, 5.74) is 0. The Bertz CT molecular complexity index is 524. The highest BCUT2D eigenvalue weighted by atomic mass is 16.5. The zero-order valence-electron chi connectivity index (χ0n) is 13.7. The molecular formula is C17H25N3O3. The topological polar surface area (TPSA) is 64.5 Å². The van der Waals surface area contributed by atoms with Crippen LogP contribution in [0.2, 0.25) is 0 Å². The van der Waals surface area contributed by atoms with Crippen molar-refractivity contribution in [3.63, 3.8) is 0 Å². The fourth-order valence-electron chi connectivity index (χ4n) is 3.41. The first-order valence-electron chi connectivity index (χ1n) is 8.58. The van der Waals surface area contributed by atoms with Gasteiger partial charge in [-0.2, -0.15) is 4.98 Å². The first-order chi connectivity index (χ1) is 11.3. The van der Waals surface area contributed by atoms with Gasteiger partial charge in [-0.05, 0) is 38.5 Å². The lowest BCUT2D eigenvalue weighted by Crippen LogP contribution is -2.37. The second-order valence-electron chi connectivity index (χ2n) is 6.38. The molecule has 0 spiro atoms. The average Bonchev–Trinajstić information content (AvgIpc) is 2.62. The number of carbonyl (C=O) groups is 1. The average molecular weight is 319 g/mol. The Kier molecular flexibility index (Phi) is 5.31. The molecule has 0 amide bonds. The molecule has 1 aliphatic heterocycles. The van der Waals surface area contributed by atoms with Crippen LogP contribution < -0.4 is 9.64 Å². The summed E-state index contributed by atoms with van der Waals surface area (Å²) in [6.45, 7) is 1.59. The summed E-state index contributed by atoms with van der Waals surface area (Å²) in [5.74, 6) is 1.35. The predicted molar refractivity (Wildman–Crippen MR) is 86.5 cm³/mol. The van der Waals surface area contributed by atoms with Crippen molar-refractivity contribution in [1.29, 1.82) is 0 Å². The van der Waals surface area contributed by atoms with Gasteiger partial charge in [0.25, 0.3) is 0 Å². The van der Waals surface area contributed by atoms with Crippen molar-refractivity contribution in [3.05, 3.63) is 12.4 Å². The third-order valence-electron chi connectivity index (χ3n) is 4.79. The maximum atomic E-state index is 11.6. The van der Waals surface area contributed by atoms with Crippen LogP contribution in [0.15, 0.2) is 12.4 Å². The number of nitrogens with zero attached hydrogens (tertiary/aromatic N) is 3. The van der Waals surface area contributed by atoms with Crippen LogP contribution in [-0.4, -0.2) is 42.2 Å². The van der Waals surface area contributed by atoms with Crippen molar-refractivity contribution >= 4 is 11.8 Å². The molecule has 1 saturated heterocycles. The molecule has 23 heavy (non-hydrogen) atoms.